The van der Waals surface area contributed by atoms with Crippen molar-refractivity contribution in [2.45, 2.75) is 53.4 Å². The molecule has 0 radical (unpaired) electrons. The maximum atomic E-state index is 4.83. The molecule has 0 aliphatic heterocycles. The quantitative estimate of drug-likeness (QED) is 0.695. The van der Waals surface area contributed by atoms with Crippen LogP contribution in [0.25, 0.3) is 11.6 Å². The lowest BCUT2D eigenvalue weighted by Crippen LogP contribution is -2.09. The van der Waals surface area contributed by atoms with Crippen LogP contribution >= 0.6 is 0 Å². The third kappa shape index (κ3) is 2.98. The van der Waals surface area contributed by atoms with Gasteiger partial charge in [0.1, 0.15) is 0 Å². The average molecular weight is 323 g/mol. The fraction of sp³-hybridized carbons (Fsp3) is 0.421. The number of aromatic nitrogens is 5. The molecule has 0 fully saturated rings. The summed E-state index contributed by atoms with van der Waals surface area (Å²) < 4.78 is 3.91. The third-order valence-corrected chi connectivity index (χ3v) is 4.27. The predicted octanol–water partition coefficient (Wildman–Crippen LogP) is 3.70. The van der Waals surface area contributed by atoms with Crippen LogP contribution in [0.4, 0.5) is 0 Å². The fourth-order valence-corrected chi connectivity index (χ4v) is 2.84. The van der Waals surface area contributed by atoms with E-state index in [-0.39, 0.29) is 0 Å². The van der Waals surface area contributed by atoms with E-state index in [1.165, 1.54) is 11.4 Å². The van der Waals surface area contributed by atoms with Crippen LogP contribution in [0.3, 0.4) is 0 Å². The summed E-state index contributed by atoms with van der Waals surface area (Å²) in [7, 11) is 0. The Morgan fingerprint density at radius 1 is 0.708 bits per heavy atom. The third-order valence-electron chi connectivity index (χ3n) is 4.27. The molecule has 0 spiro atoms. The first kappa shape index (κ1) is 16.4. The predicted molar refractivity (Wildman–Crippen MR) is 96.0 cm³/mol. The molecule has 0 aromatic carbocycles. The van der Waals surface area contributed by atoms with Gasteiger partial charge in [-0.05, 0) is 49.9 Å². The topological polar surface area (TPSA) is 48.5 Å². The van der Waals surface area contributed by atoms with Crippen molar-refractivity contribution in [2.75, 3.05) is 0 Å². The minimum atomic E-state index is 0.847. The molecule has 0 bridgehead atoms. The highest BCUT2D eigenvalue weighted by atomic mass is 15.4. The van der Waals surface area contributed by atoms with Crippen LogP contribution in [0.1, 0.15) is 50.5 Å². The highest BCUT2D eigenvalue weighted by Gasteiger charge is 2.12. The Kier molecular flexibility index (Phi) is 4.79. The van der Waals surface area contributed by atoms with E-state index in [9.17, 15) is 0 Å². The molecule has 0 amide bonds. The zero-order chi connectivity index (χ0) is 17.1. The molecular formula is C19H25N5. The van der Waals surface area contributed by atoms with Crippen LogP contribution in [-0.2, 0) is 25.7 Å². The van der Waals surface area contributed by atoms with E-state index in [1.807, 2.05) is 27.6 Å². The Morgan fingerprint density at radius 2 is 1.17 bits per heavy atom. The Balaban J connectivity index is 2.07. The number of hydrogen-bond donors (Lipinski definition) is 0. The van der Waals surface area contributed by atoms with Gasteiger partial charge in [-0.3, -0.25) is 0 Å². The van der Waals surface area contributed by atoms with Crippen molar-refractivity contribution in [1.29, 1.82) is 0 Å². The second-order valence-corrected chi connectivity index (χ2v) is 5.85. The van der Waals surface area contributed by atoms with Crippen molar-refractivity contribution >= 4 is 0 Å². The zero-order valence-electron chi connectivity index (χ0n) is 15.0. The largest absolute Gasteiger partial charge is 0.219 e. The van der Waals surface area contributed by atoms with Gasteiger partial charge in [-0.25, -0.2) is 14.3 Å². The molecular weight excluding hydrogens is 298 g/mol. The summed E-state index contributed by atoms with van der Waals surface area (Å²) in [5.41, 5.74) is 4.56. The lowest BCUT2D eigenvalue weighted by Gasteiger charge is -2.09. The highest BCUT2D eigenvalue weighted by molar-refractivity contribution is 5.35. The van der Waals surface area contributed by atoms with Gasteiger partial charge in [-0.1, -0.05) is 33.8 Å². The molecule has 5 heteroatoms. The minimum Gasteiger partial charge on any atom is -0.219 e. The van der Waals surface area contributed by atoms with Crippen molar-refractivity contribution in [2.24, 2.45) is 0 Å². The van der Waals surface area contributed by atoms with Crippen molar-refractivity contribution < 1.29 is 0 Å². The number of aryl methyl sites for hydroxylation is 4. The summed E-state index contributed by atoms with van der Waals surface area (Å²) in [6, 6.07) is 10.4. The minimum absolute atomic E-state index is 0.847. The number of rotatable bonds is 6. The number of nitrogens with zero attached hydrogens (tertiary/aromatic N) is 5. The molecule has 126 valence electrons. The Bertz CT molecular complexity index is 763. The molecule has 0 aliphatic rings. The molecule has 3 rings (SSSR count). The van der Waals surface area contributed by atoms with Crippen LogP contribution in [-0.4, -0.2) is 24.5 Å². The second kappa shape index (κ2) is 6.99. The molecule has 3 aromatic heterocycles. The van der Waals surface area contributed by atoms with Crippen LogP contribution in [0.5, 0.6) is 0 Å². The molecule has 3 aromatic rings. The number of pyridine rings is 1. The van der Waals surface area contributed by atoms with Crippen molar-refractivity contribution in [3.8, 4) is 11.6 Å². The standard InChI is InChI=1S/C19H25N5/c1-5-14-12-16(7-3)23(21-14)18-10-9-11-19(20-18)24-17(8-4)13-15(6-2)22-24/h9-13H,5-8H2,1-4H3. The molecule has 0 N–H and O–H groups in total. The van der Waals surface area contributed by atoms with Crippen LogP contribution in [0.15, 0.2) is 30.3 Å². The van der Waals surface area contributed by atoms with E-state index in [1.54, 1.807) is 0 Å². The molecule has 0 atom stereocenters. The lowest BCUT2D eigenvalue weighted by atomic mass is 10.2. The van der Waals surface area contributed by atoms with Crippen LogP contribution < -0.4 is 0 Å². The lowest BCUT2D eigenvalue weighted by molar-refractivity contribution is 0.739. The number of hydrogen-bond acceptors (Lipinski definition) is 3. The molecule has 24 heavy (non-hydrogen) atoms. The van der Waals surface area contributed by atoms with Gasteiger partial charge < -0.3 is 0 Å². The Labute approximate surface area is 143 Å². The summed E-state index contributed by atoms with van der Waals surface area (Å²) in [5, 5.41) is 9.39. The summed E-state index contributed by atoms with van der Waals surface area (Å²) in [4.78, 5) is 4.83. The summed E-state index contributed by atoms with van der Waals surface area (Å²) in [6.07, 6.45) is 3.72. The van der Waals surface area contributed by atoms with Crippen LogP contribution in [0, 0.1) is 0 Å². The SMILES string of the molecule is CCc1cc(CC)n(-c2cccc(-n3nc(CC)cc3CC)n2)n1. The van der Waals surface area contributed by atoms with Gasteiger partial charge in [0.05, 0.1) is 11.4 Å². The van der Waals surface area contributed by atoms with Crippen molar-refractivity contribution in [3.05, 3.63) is 53.1 Å². The van der Waals surface area contributed by atoms with Crippen molar-refractivity contribution in [1.82, 2.24) is 24.5 Å². The summed E-state index contributed by atoms with van der Waals surface area (Å²) in [5.74, 6) is 1.69. The second-order valence-electron chi connectivity index (χ2n) is 5.85. The van der Waals surface area contributed by atoms with E-state index in [2.05, 4.69) is 39.8 Å². The van der Waals surface area contributed by atoms with Gasteiger partial charge in [-0.15, -0.1) is 0 Å². The highest BCUT2D eigenvalue weighted by Crippen LogP contribution is 2.16. The zero-order valence-corrected chi connectivity index (χ0v) is 15.0. The van der Waals surface area contributed by atoms with Crippen LogP contribution in [0.2, 0.25) is 0 Å². The van der Waals surface area contributed by atoms with Gasteiger partial charge in [0, 0.05) is 11.4 Å². The first-order valence-corrected chi connectivity index (χ1v) is 8.83. The van der Waals surface area contributed by atoms with E-state index in [0.29, 0.717) is 0 Å². The van der Waals surface area contributed by atoms with Gasteiger partial charge in [0.2, 0.25) is 0 Å². The molecule has 0 saturated carbocycles. The molecule has 5 nitrogen and oxygen atoms in total. The van der Waals surface area contributed by atoms with Gasteiger partial charge >= 0.3 is 0 Å². The van der Waals surface area contributed by atoms with Gasteiger partial charge in [0.25, 0.3) is 0 Å². The van der Waals surface area contributed by atoms with E-state index in [0.717, 1.165) is 48.7 Å². The Hall–Kier alpha value is -2.43. The van der Waals surface area contributed by atoms with E-state index >= 15 is 0 Å². The van der Waals surface area contributed by atoms with Gasteiger partial charge in [0.15, 0.2) is 11.6 Å². The van der Waals surface area contributed by atoms with Gasteiger partial charge in [-0.2, -0.15) is 10.2 Å². The van der Waals surface area contributed by atoms with E-state index < -0.39 is 0 Å². The average Bonchev–Trinajstić information content (AvgIpc) is 3.25. The summed E-state index contributed by atoms with van der Waals surface area (Å²) >= 11 is 0. The molecule has 0 saturated heterocycles. The summed E-state index contributed by atoms with van der Waals surface area (Å²) in [6.45, 7) is 8.54. The normalized spacial score (nSPS) is 11.2. The maximum absolute atomic E-state index is 4.83. The first-order valence-electron chi connectivity index (χ1n) is 8.83. The molecule has 0 aliphatic carbocycles. The smallest absolute Gasteiger partial charge is 0.156 e. The molecule has 3 heterocycles. The van der Waals surface area contributed by atoms with Crippen molar-refractivity contribution in [3.63, 3.8) is 0 Å². The Morgan fingerprint density at radius 3 is 1.54 bits per heavy atom. The monoisotopic (exact) mass is 323 g/mol. The van der Waals surface area contributed by atoms with E-state index in [4.69, 9.17) is 15.2 Å². The fourth-order valence-electron chi connectivity index (χ4n) is 2.84. The molecule has 0 unspecified atom stereocenters. The first-order chi connectivity index (χ1) is 11.7. The maximum Gasteiger partial charge on any atom is 0.156 e.